The lowest BCUT2D eigenvalue weighted by Gasteiger charge is -2.19. The van der Waals surface area contributed by atoms with Gasteiger partial charge in [-0.3, -0.25) is 0 Å². The first-order chi connectivity index (χ1) is 17.3. The van der Waals surface area contributed by atoms with Crippen molar-refractivity contribution in [2.75, 3.05) is 13.2 Å². The van der Waals surface area contributed by atoms with Crippen molar-refractivity contribution in [1.82, 2.24) is 19.3 Å². The number of ether oxygens (including phenoxy) is 2. The molecule has 0 fully saturated rings. The number of hydrogen-bond donors (Lipinski definition) is 0. The topological polar surface area (TPSA) is 66.5 Å². The van der Waals surface area contributed by atoms with E-state index in [4.69, 9.17) is 14.5 Å². The van der Waals surface area contributed by atoms with E-state index in [0.717, 1.165) is 63.4 Å². The maximum Gasteiger partial charge on any atom is 0.190 e. The molecule has 2 aromatic carbocycles. The molecule has 0 radical (unpaired) electrons. The van der Waals surface area contributed by atoms with Crippen molar-refractivity contribution in [3.63, 3.8) is 0 Å². The predicted molar refractivity (Wildman–Crippen MR) is 137 cm³/mol. The zero-order valence-electron chi connectivity index (χ0n) is 19.5. The van der Waals surface area contributed by atoms with Crippen LogP contribution in [-0.4, -0.2) is 32.5 Å². The number of nitrogens with zero attached hydrogens (tertiary/aromatic N) is 5. The molecular weight excluding hydrogens is 458 g/mol. The molecule has 0 N–H and O–H groups in total. The molecule has 0 bridgehead atoms. The summed E-state index contributed by atoms with van der Waals surface area (Å²) in [6.07, 6.45) is 6.52. The lowest BCUT2D eigenvalue weighted by atomic mass is 10.1. The molecule has 178 valence electrons. The average molecular weight is 486 g/mol. The number of aryl methyl sites for hydroxylation is 1. The molecule has 4 aromatic rings. The minimum Gasteiger partial charge on any atom is -0.486 e. The van der Waals surface area contributed by atoms with Crippen LogP contribution in [0, 0.1) is 0 Å². The number of rotatable bonds is 5. The molecule has 2 aliphatic heterocycles. The second kappa shape index (κ2) is 9.54. The average Bonchev–Trinajstić information content (AvgIpc) is 3.40. The fraction of sp³-hybridized carbons (Fsp3) is 0.296. The number of thiazole rings is 1. The van der Waals surface area contributed by atoms with E-state index in [2.05, 4.69) is 61.6 Å². The highest BCUT2D eigenvalue weighted by molar-refractivity contribution is 7.07. The smallest absolute Gasteiger partial charge is 0.190 e. The third-order valence-corrected chi connectivity index (χ3v) is 7.27. The van der Waals surface area contributed by atoms with Gasteiger partial charge in [-0.1, -0.05) is 12.5 Å². The molecule has 2 aliphatic rings. The number of aromatic nitrogens is 4. The van der Waals surface area contributed by atoms with Gasteiger partial charge in [-0.2, -0.15) is 0 Å². The highest BCUT2D eigenvalue weighted by Crippen LogP contribution is 2.35. The largest absolute Gasteiger partial charge is 0.486 e. The number of allylic oxidation sites excluding steroid dienone is 1. The molecule has 0 aliphatic carbocycles. The van der Waals surface area contributed by atoms with Crippen LogP contribution in [0.5, 0.6) is 11.5 Å². The molecule has 0 atom stereocenters. The molecule has 0 amide bonds. The zero-order chi connectivity index (χ0) is 23.6. The Labute approximate surface area is 208 Å². The number of hydrogen-bond acceptors (Lipinski definition) is 6. The maximum atomic E-state index is 5.79. The van der Waals surface area contributed by atoms with Gasteiger partial charge in [0.15, 0.2) is 22.1 Å². The molecule has 0 saturated heterocycles. The summed E-state index contributed by atoms with van der Waals surface area (Å²) in [7, 11) is 0. The van der Waals surface area contributed by atoms with Crippen LogP contribution in [0.15, 0.2) is 65.5 Å². The van der Waals surface area contributed by atoms with Crippen LogP contribution in [0.4, 0.5) is 5.69 Å². The number of benzene rings is 2. The van der Waals surface area contributed by atoms with Gasteiger partial charge in [0, 0.05) is 36.0 Å². The summed E-state index contributed by atoms with van der Waals surface area (Å²) in [5.74, 6) is 3.62. The first kappa shape index (κ1) is 21.9. The Bertz CT molecular complexity index is 1430. The second-order valence-electron chi connectivity index (χ2n) is 8.72. The molecule has 6 rings (SSSR count). The molecular formula is C27H27N5O2S. The van der Waals surface area contributed by atoms with E-state index >= 15 is 0 Å². The maximum absolute atomic E-state index is 5.79. The first-order valence-corrected chi connectivity index (χ1v) is 12.9. The van der Waals surface area contributed by atoms with Gasteiger partial charge < -0.3 is 18.6 Å². The zero-order valence-corrected chi connectivity index (χ0v) is 20.3. The van der Waals surface area contributed by atoms with Crippen LogP contribution in [-0.2, 0) is 19.5 Å². The second-order valence-corrected chi connectivity index (χ2v) is 9.56. The third kappa shape index (κ3) is 4.30. The van der Waals surface area contributed by atoms with Crippen molar-refractivity contribution in [2.45, 2.75) is 38.8 Å². The van der Waals surface area contributed by atoms with Crippen LogP contribution in [0.3, 0.4) is 0 Å². The summed E-state index contributed by atoms with van der Waals surface area (Å²) in [5.41, 5.74) is 4.12. The highest BCUT2D eigenvalue weighted by atomic mass is 32.1. The standard InChI is InChI=1S/C27H27N5O2S/c1-2-13-31-22(20-9-12-23-24(17-20)34-16-15-33-23)18-35-27(31)28-21-10-7-19(8-11-21)26-30-29-25-6-4-3-5-14-32(25)26/h2,7-12,17-18H,1,3-6,13-16H2. The fourth-order valence-corrected chi connectivity index (χ4v) is 5.59. The summed E-state index contributed by atoms with van der Waals surface area (Å²) in [4.78, 5) is 5.87. The van der Waals surface area contributed by atoms with Gasteiger partial charge in [0.05, 0.1) is 11.4 Å². The number of fused-ring (bicyclic) bond motifs is 2. The fourth-order valence-electron chi connectivity index (χ4n) is 4.65. The molecule has 35 heavy (non-hydrogen) atoms. The Kier molecular flexibility index (Phi) is 5.96. The van der Waals surface area contributed by atoms with Gasteiger partial charge in [-0.15, -0.1) is 28.1 Å². The van der Waals surface area contributed by atoms with Crippen molar-refractivity contribution in [1.29, 1.82) is 0 Å². The first-order valence-electron chi connectivity index (χ1n) is 12.1. The van der Waals surface area contributed by atoms with Crippen LogP contribution >= 0.6 is 11.3 Å². The van der Waals surface area contributed by atoms with Crippen LogP contribution in [0.25, 0.3) is 22.6 Å². The molecule has 0 saturated carbocycles. The lowest BCUT2D eigenvalue weighted by molar-refractivity contribution is 0.171. The third-order valence-electron chi connectivity index (χ3n) is 6.41. The van der Waals surface area contributed by atoms with E-state index in [0.29, 0.717) is 19.8 Å². The van der Waals surface area contributed by atoms with Crippen LogP contribution in [0.1, 0.15) is 25.1 Å². The van der Waals surface area contributed by atoms with Gasteiger partial charge in [0.25, 0.3) is 0 Å². The minimum atomic E-state index is 0.570. The van der Waals surface area contributed by atoms with Gasteiger partial charge in [0.2, 0.25) is 0 Å². The minimum absolute atomic E-state index is 0.570. The summed E-state index contributed by atoms with van der Waals surface area (Å²) < 4.78 is 15.9. The molecule has 7 nitrogen and oxygen atoms in total. The molecule has 0 spiro atoms. The Balaban J connectivity index is 1.32. The summed E-state index contributed by atoms with van der Waals surface area (Å²) in [6.45, 7) is 6.76. The van der Waals surface area contributed by atoms with Crippen molar-refractivity contribution >= 4 is 17.0 Å². The van der Waals surface area contributed by atoms with E-state index in [9.17, 15) is 0 Å². The molecule has 4 heterocycles. The van der Waals surface area contributed by atoms with E-state index < -0.39 is 0 Å². The Morgan fingerprint density at radius 2 is 1.80 bits per heavy atom. The summed E-state index contributed by atoms with van der Waals surface area (Å²) in [5, 5.41) is 11.0. The monoisotopic (exact) mass is 485 g/mol. The van der Waals surface area contributed by atoms with Crippen LogP contribution in [0.2, 0.25) is 0 Å². The van der Waals surface area contributed by atoms with E-state index in [1.807, 2.05) is 18.2 Å². The van der Waals surface area contributed by atoms with Crippen molar-refractivity contribution in [2.24, 2.45) is 4.99 Å². The SMILES string of the molecule is C=CCn1c(-c2ccc3c(c2)OCCO3)csc1=Nc1ccc(-c2nnc3n2CCCCC3)cc1. The Morgan fingerprint density at radius 1 is 0.971 bits per heavy atom. The molecule has 8 heteroatoms. The van der Waals surface area contributed by atoms with E-state index in [1.165, 1.54) is 19.3 Å². The Morgan fingerprint density at radius 3 is 2.66 bits per heavy atom. The van der Waals surface area contributed by atoms with Gasteiger partial charge in [0.1, 0.15) is 19.0 Å². The van der Waals surface area contributed by atoms with Crippen LogP contribution < -0.4 is 14.3 Å². The van der Waals surface area contributed by atoms with Gasteiger partial charge in [-0.05, 0) is 55.3 Å². The molecule has 0 unspecified atom stereocenters. The van der Waals surface area contributed by atoms with E-state index in [-0.39, 0.29) is 0 Å². The van der Waals surface area contributed by atoms with Crippen molar-refractivity contribution in [3.8, 4) is 34.1 Å². The lowest BCUT2D eigenvalue weighted by Crippen LogP contribution is -2.16. The Hall–Kier alpha value is -3.65. The predicted octanol–water partition coefficient (Wildman–Crippen LogP) is 5.39. The van der Waals surface area contributed by atoms with Crippen molar-refractivity contribution < 1.29 is 9.47 Å². The summed E-state index contributed by atoms with van der Waals surface area (Å²) >= 11 is 1.62. The van der Waals surface area contributed by atoms with Gasteiger partial charge in [-0.25, -0.2) is 4.99 Å². The normalized spacial score (nSPS) is 15.5. The van der Waals surface area contributed by atoms with Crippen molar-refractivity contribution in [3.05, 3.63) is 71.1 Å². The molecule has 2 aromatic heterocycles. The van der Waals surface area contributed by atoms with E-state index in [1.54, 1.807) is 11.3 Å². The highest BCUT2D eigenvalue weighted by Gasteiger charge is 2.17. The quantitative estimate of drug-likeness (QED) is 0.356. The van der Waals surface area contributed by atoms with Gasteiger partial charge >= 0.3 is 0 Å². The summed E-state index contributed by atoms with van der Waals surface area (Å²) in [6, 6.07) is 14.4.